The monoisotopic (exact) mass is 238 g/mol. The van der Waals surface area contributed by atoms with Crippen molar-refractivity contribution in [3.8, 4) is 0 Å². The van der Waals surface area contributed by atoms with Gasteiger partial charge in [0.25, 0.3) is 0 Å². The predicted molar refractivity (Wildman–Crippen MR) is 66.3 cm³/mol. The Kier molecular flexibility index (Phi) is 2.31. The molecule has 0 aromatic carbocycles. The van der Waals surface area contributed by atoms with Gasteiger partial charge >= 0.3 is 0 Å². The Balaban J connectivity index is 1.98. The molecule has 0 amide bonds. The van der Waals surface area contributed by atoms with Gasteiger partial charge in [-0.05, 0) is 51.2 Å². The maximum atomic E-state index is 5.29. The quantitative estimate of drug-likeness (QED) is 0.804. The van der Waals surface area contributed by atoms with Gasteiger partial charge in [0, 0.05) is 18.6 Å². The molecular formula is C11H18N4S. The van der Waals surface area contributed by atoms with E-state index in [1.807, 2.05) is 0 Å². The lowest BCUT2D eigenvalue weighted by molar-refractivity contribution is 0.520. The Bertz CT molecular complexity index is 447. The molecule has 5 heteroatoms. The molecule has 1 aromatic rings. The largest absolute Gasteiger partial charge is 0.338 e. The maximum absolute atomic E-state index is 5.29. The van der Waals surface area contributed by atoms with Crippen LogP contribution >= 0.6 is 12.2 Å². The van der Waals surface area contributed by atoms with Crippen molar-refractivity contribution in [3.05, 3.63) is 4.77 Å². The zero-order chi connectivity index (χ0) is 11.3. The summed E-state index contributed by atoms with van der Waals surface area (Å²) in [6.07, 6.45) is 4.06. The standard InChI is InChI=1S/C11H18N4S/c1-7(2)15-10(12-13-11(15)16)14-6-8-3-4-9(14)5-8/h7-9H,3-6H2,1-2H3,(H,13,16). The number of rotatable bonds is 2. The summed E-state index contributed by atoms with van der Waals surface area (Å²) in [5.74, 6) is 1.93. The lowest BCUT2D eigenvalue weighted by atomic mass is 10.1. The Hall–Kier alpha value is -0.840. The maximum Gasteiger partial charge on any atom is 0.226 e. The van der Waals surface area contributed by atoms with E-state index in [2.05, 4.69) is 33.5 Å². The van der Waals surface area contributed by atoms with Crippen molar-refractivity contribution in [2.24, 2.45) is 5.92 Å². The molecule has 1 aliphatic heterocycles. The highest BCUT2D eigenvalue weighted by Gasteiger charge is 2.39. The van der Waals surface area contributed by atoms with Gasteiger partial charge in [-0.25, -0.2) is 5.10 Å². The van der Waals surface area contributed by atoms with Crippen molar-refractivity contribution in [3.63, 3.8) is 0 Å². The number of H-pyrrole nitrogens is 1. The summed E-state index contributed by atoms with van der Waals surface area (Å²) in [6, 6.07) is 1.08. The number of piperidine rings is 1. The molecule has 2 atom stereocenters. The number of aromatic nitrogens is 3. The summed E-state index contributed by atoms with van der Waals surface area (Å²) in [4.78, 5) is 2.44. The van der Waals surface area contributed by atoms with Gasteiger partial charge < -0.3 is 4.90 Å². The third-order valence-electron chi connectivity index (χ3n) is 3.87. The molecule has 2 unspecified atom stereocenters. The van der Waals surface area contributed by atoms with E-state index in [0.29, 0.717) is 12.1 Å². The highest BCUT2D eigenvalue weighted by molar-refractivity contribution is 7.71. The first-order valence-electron chi connectivity index (χ1n) is 6.10. The predicted octanol–water partition coefficient (Wildman–Crippen LogP) is 2.51. The lowest BCUT2D eigenvalue weighted by Gasteiger charge is -2.28. The van der Waals surface area contributed by atoms with Gasteiger partial charge in [0.1, 0.15) is 0 Å². The van der Waals surface area contributed by atoms with Crippen molar-refractivity contribution < 1.29 is 0 Å². The minimum atomic E-state index is 0.375. The number of nitrogens with one attached hydrogen (secondary N) is 1. The number of hydrogen-bond acceptors (Lipinski definition) is 3. The summed E-state index contributed by atoms with van der Waals surface area (Å²) in [5.41, 5.74) is 0. The molecule has 3 rings (SSSR count). The van der Waals surface area contributed by atoms with Crippen LogP contribution in [0.2, 0.25) is 0 Å². The Labute approximate surface area is 101 Å². The molecule has 1 saturated heterocycles. The van der Waals surface area contributed by atoms with Crippen LogP contribution in [0.5, 0.6) is 0 Å². The molecule has 1 aromatic heterocycles. The van der Waals surface area contributed by atoms with Crippen molar-refractivity contribution in [2.75, 3.05) is 11.4 Å². The van der Waals surface area contributed by atoms with Crippen LogP contribution in [0.15, 0.2) is 0 Å². The molecule has 1 N–H and O–H groups in total. The molecule has 16 heavy (non-hydrogen) atoms. The second-order valence-electron chi connectivity index (χ2n) is 5.28. The van der Waals surface area contributed by atoms with E-state index >= 15 is 0 Å². The highest BCUT2D eigenvalue weighted by atomic mass is 32.1. The minimum absolute atomic E-state index is 0.375. The lowest BCUT2D eigenvalue weighted by Crippen LogP contribution is -2.34. The summed E-state index contributed by atoms with van der Waals surface area (Å²) in [5, 5.41) is 7.34. The fourth-order valence-corrected chi connectivity index (χ4v) is 3.47. The van der Waals surface area contributed by atoms with Crippen molar-refractivity contribution in [2.45, 2.75) is 45.2 Å². The van der Waals surface area contributed by atoms with E-state index < -0.39 is 0 Å². The van der Waals surface area contributed by atoms with Crippen LogP contribution in [0.3, 0.4) is 0 Å². The van der Waals surface area contributed by atoms with E-state index in [1.165, 1.54) is 19.3 Å². The topological polar surface area (TPSA) is 36.9 Å². The number of anilines is 1. The number of fused-ring (bicyclic) bond motifs is 2. The second kappa shape index (κ2) is 3.58. The van der Waals surface area contributed by atoms with Crippen LogP contribution in [0.25, 0.3) is 0 Å². The molecule has 2 aliphatic rings. The second-order valence-corrected chi connectivity index (χ2v) is 5.66. The van der Waals surface area contributed by atoms with Crippen LogP contribution in [0, 0.1) is 10.7 Å². The number of nitrogens with zero attached hydrogens (tertiary/aromatic N) is 3. The summed E-state index contributed by atoms with van der Waals surface area (Å²) < 4.78 is 2.88. The average molecular weight is 238 g/mol. The molecule has 0 spiro atoms. The Morgan fingerprint density at radius 1 is 1.44 bits per heavy atom. The fraction of sp³-hybridized carbons (Fsp3) is 0.818. The van der Waals surface area contributed by atoms with Crippen molar-refractivity contribution in [1.29, 1.82) is 0 Å². The van der Waals surface area contributed by atoms with Crippen LogP contribution in [0.1, 0.15) is 39.2 Å². The third-order valence-corrected chi connectivity index (χ3v) is 4.16. The molecule has 2 heterocycles. The van der Waals surface area contributed by atoms with Gasteiger partial charge in [-0.3, -0.25) is 4.57 Å². The van der Waals surface area contributed by atoms with E-state index in [4.69, 9.17) is 12.2 Å². The van der Waals surface area contributed by atoms with E-state index in [0.717, 1.165) is 23.2 Å². The number of aromatic amines is 1. The van der Waals surface area contributed by atoms with Gasteiger partial charge in [-0.2, -0.15) is 0 Å². The fourth-order valence-electron chi connectivity index (χ4n) is 3.13. The van der Waals surface area contributed by atoms with Gasteiger partial charge in [-0.1, -0.05) is 0 Å². The SMILES string of the molecule is CC(C)n1c(N2CC3CCC2C3)n[nH]c1=S. The minimum Gasteiger partial charge on any atom is -0.338 e. The first-order chi connectivity index (χ1) is 7.66. The molecule has 1 saturated carbocycles. The molecular weight excluding hydrogens is 220 g/mol. The van der Waals surface area contributed by atoms with Gasteiger partial charge in [0.2, 0.25) is 5.95 Å². The molecule has 1 aliphatic carbocycles. The van der Waals surface area contributed by atoms with E-state index in [-0.39, 0.29) is 0 Å². The van der Waals surface area contributed by atoms with Crippen LogP contribution in [0.4, 0.5) is 5.95 Å². The Morgan fingerprint density at radius 3 is 2.81 bits per heavy atom. The van der Waals surface area contributed by atoms with Crippen LogP contribution in [-0.4, -0.2) is 27.4 Å². The molecule has 2 bridgehead atoms. The molecule has 2 fully saturated rings. The van der Waals surface area contributed by atoms with Crippen LogP contribution < -0.4 is 4.90 Å². The van der Waals surface area contributed by atoms with Crippen molar-refractivity contribution >= 4 is 18.2 Å². The molecule has 88 valence electrons. The van der Waals surface area contributed by atoms with E-state index in [1.54, 1.807) is 0 Å². The van der Waals surface area contributed by atoms with Gasteiger partial charge in [0.05, 0.1) is 0 Å². The summed E-state index contributed by atoms with van der Waals surface area (Å²) in [7, 11) is 0. The summed E-state index contributed by atoms with van der Waals surface area (Å²) >= 11 is 5.29. The first-order valence-corrected chi connectivity index (χ1v) is 6.51. The Morgan fingerprint density at radius 2 is 2.25 bits per heavy atom. The average Bonchev–Trinajstić information content (AvgIpc) is 2.89. The zero-order valence-electron chi connectivity index (χ0n) is 9.81. The smallest absolute Gasteiger partial charge is 0.226 e. The summed E-state index contributed by atoms with van der Waals surface area (Å²) in [6.45, 7) is 5.48. The normalized spacial score (nSPS) is 28.3. The molecule has 0 radical (unpaired) electrons. The number of hydrogen-bond donors (Lipinski definition) is 1. The van der Waals surface area contributed by atoms with Crippen LogP contribution in [-0.2, 0) is 0 Å². The van der Waals surface area contributed by atoms with E-state index in [9.17, 15) is 0 Å². The zero-order valence-corrected chi connectivity index (χ0v) is 10.6. The first kappa shape index (κ1) is 10.3. The van der Waals surface area contributed by atoms with Gasteiger partial charge in [-0.15, -0.1) is 5.10 Å². The highest BCUT2D eigenvalue weighted by Crippen LogP contribution is 2.39. The van der Waals surface area contributed by atoms with Gasteiger partial charge in [0.15, 0.2) is 4.77 Å². The van der Waals surface area contributed by atoms with Crippen molar-refractivity contribution in [1.82, 2.24) is 14.8 Å². The molecule has 4 nitrogen and oxygen atoms in total. The third kappa shape index (κ3) is 1.41.